The molecule has 2 aliphatic rings. The highest BCUT2D eigenvalue weighted by molar-refractivity contribution is 5.79. The van der Waals surface area contributed by atoms with Gasteiger partial charge in [-0.05, 0) is 43.2 Å². The van der Waals surface area contributed by atoms with Gasteiger partial charge in [0.15, 0.2) is 0 Å². The monoisotopic (exact) mass is 327 g/mol. The molecule has 3 atom stereocenters. The van der Waals surface area contributed by atoms with Crippen LogP contribution in [0.3, 0.4) is 0 Å². The van der Waals surface area contributed by atoms with Crippen LogP contribution in [0, 0.1) is 17.8 Å². The van der Waals surface area contributed by atoms with E-state index >= 15 is 0 Å². The van der Waals surface area contributed by atoms with Gasteiger partial charge in [0.05, 0.1) is 5.56 Å². The minimum Gasteiger partial charge on any atom is -0.368 e. The van der Waals surface area contributed by atoms with E-state index in [9.17, 15) is 18.0 Å². The van der Waals surface area contributed by atoms with Crippen molar-refractivity contribution in [3.05, 3.63) is 23.9 Å². The van der Waals surface area contributed by atoms with Crippen molar-refractivity contribution in [1.29, 1.82) is 0 Å². The fourth-order valence-electron chi connectivity index (χ4n) is 3.74. The second-order valence-electron chi connectivity index (χ2n) is 6.43. The maximum atomic E-state index is 12.4. The molecule has 1 amide bonds. The van der Waals surface area contributed by atoms with Crippen LogP contribution in [-0.2, 0) is 11.0 Å². The second kappa shape index (κ2) is 6.37. The lowest BCUT2D eigenvalue weighted by molar-refractivity contribution is -0.137. The Hall–Kier alpha value is -1.79. The second-order valence-corrected chi connectivity index (χ2v) is 6.43. The fourth-order valence-corrected chi connectivity index (χ4v) is 3.74. The molecular formula is C16H20F3N3O. The third-order valence-electron chi connectivity index (χ3n) is 4.90. The molecular weight excluding hydrogens is 307 g/mol. The smallest absolute Gasteiger partial charge is 0.368 e. The number of nitrogens with one attached hydrogen (secondary N) is 2. The molecule has 2 saturated carbocycles. The minimum absolute atomic E-state index is 0.111. The molecule has 3 rings (SSSR count). The SMILES string of the molecule is O=C(NCCNc1ccc(C(F)(F)F)cn1)[C@@H]1C[C@H]2CC[C@H]1C2. The zero-order valence-electron chi connectivity index (χ0n) is 12.7. The van der Waals surface area contributed by atoms with Crippen molar-refractivity contribution in [1.82, 2.24) is 10.3 Å². The van der Waals surface area contributed by atoms with E-state index in [1.54, 1.807) is 0 Å². The lowest BCUT2D eigenvalue weighted by atomic mass is 9.88. The third kappa shape index (κ3) is 3.76. The Labute approximate surface area is 132 Å². The van der Waals surface area contributed by atoms with E-state index in [0.29, 0.717) is 24.8 Å². The molecule has 0 unspecified atom stereocenters. The summed E-state index contributed by atoms with van der Waals surface area (Å²) in [5.74, 6) is 1.90. The van der Waals surface area contributed by atoms with Crippen molar-refractivity contribution in [3.8, 4) is 0 Å². The molecule has 1 heterocycles. The number of anilines is 1. The van der Waals surface area contributed by atoms with Crippen LogP contribution in [0.4, 0.5) is 19.0 Å². The fraction of sp³-hybridized carbons (Fsp3) is 0.625. The Morgan fingerprint density at radius 3 is 2.61 bits per heavy atom. The summed E-state index contributed by atoms with van der Waals surface area (Å²) in [5, 5.41) is 5.82. The van der Waals surface area contributed by atoms with Crippen LogP contribution >= 0.6 is 0 Å². The number of nitrogens with zero attached hydrogens (tertiary/aromatic N) is 1. The molecule has 126 valence electrons. The molecule has 7 heteroatoms. The summed E-state index contributed by atoms with van der Waals surface area (Å²) >= 11 is 0. The Morgan fingerprint density at radius 1 is 1.22 bits per heavy atom. The summed E-state index contributed by atoms with van der Waals surface area (Å²) in [7, 11) is 0. The van der Waals surface area contributed by atoms with Crippen molar-refractivity contribution in [2.24, 2.45) is 17.8 Å². The first-order valence-corrected chi connectivity index (χ1v) is 7.98. The van der Waals surface area contributed by atoms with Crippen molar-refractivity contribution < 1.29 is 18.0 Å². The van der Waals surface area contributed by atoms with Crippen molar-refractivity contribution in [3.63, 3.8) is 0 Å². The van der Waals surface area contributed by atoms with Crippen LogP contribution in [-0.4, -0.2) is 24.0 Å². The molecule has 0 aliphatic heterocycles. The number of amides is 1. The lowest BCUT2D eigenvalue weighted by Crippen LogP contribution is -2.36. The largest absolute Gasteiger partial charge is 0.417 e. The van der Waals surface area contributed by atoms with E-state index in [-0.39, 0.29) is 11.8 Å². The van der Waals surface area contributed by atoms with Gasteiger partial charge in [0, 0.05) is 25.2 Å². The van der Waals surface area contributed by atoms with E-state index in [4.69, 9.17) is 0 Å². The summed E-state index contributed by atoms with van der Waals surface area (Å²) in [6.07, 6.45) is 1.04. The van der Waals surface area contributed by atoms with Gasteiger partial charge in [0.25, 0.3) is 0 Å². The van der Waals surface area contributed by atoms with Crippen molar-refractivity contribution >= 4 is 11.7 Å². The average Bonchev–Trinajstić information content (AvgIpc) is 3.14. The number of rotatable bonds is 5. The summed E-state index contributed by atoms with van der Waals surface area (Å²) < 4.78 is 37.3. The highest BCUT2D eigenvalue weighted by atomic mass is 19.4. The van der Waals surface area contributed by atoms with E-state index in [1.165, 1.54) is 18.9 Å². The zero-order valence-corrected chi connectivity index (χ0v) is 12.7. The average molecular weight is 327 g/mol. The lowest BCUT2D eigenvalue weighted by Gasteiger charge is -2.20. The number of pyridine rings is 1. The molecule has 2 fully saturated rings. The van der Waals surface area contributed by atoms with Crippen LogP contribution < -0.4 is 10.6 Å². The Kier molecular flexibility index (Phi) is 4.46. The Bertz CT molecular complexity index is 559. The topological polar surface area (TPSA) is 54.0 Å². The number of alkyl halides is 3. The van der Waals surface area contributed by atoms with Crippen LogP contribution in [0.25, 0.3) is 0 Å². The molecule has 23 heavy (non-hydrogen) atoms. The summed E-state index contributed by atoms with van der Waals surface area (Å²) in [6, 6.07) is 2.28. The van der Waals surface area contributed by atoms with Gasteiger partial charge in [0.1, 0.15) is 5.82 Å². The number of hydrogen-bond acceptors (Lipinski definition) is 3. The van der Waals surface area contributed by atoms with Gasteiger partial charge in [0.2, 0.25) is 5.91 Å². The molecule has 4 nitrogen and oxygen atoms in total. The first kappa shape index (κ1) is 16.1. The standard InChI is InChI=1S/C16H20F3N3O/c17-16(18,19)12-3-4-14(22-9-12)20-5-6-21-15(23)13-8-10-1-2-11(13)7-10/h3-4,9-11,13H,1-2,5-8H2,(H,20,22)(H,21,23)/t10-,11-,13+/m0/s1. The van der Waals surface area contributed by atoms with Crippen LogP contribution in [0.5, 0.6) is 0 Å². The van der Waals surface area contributed by atoms with Gasteiger partial charge in [-0.25, -0.2) is 4.98 Å². The number of carbonyl (C=O) groups is 1. The van der Waals surface area contributed by atoms with E-state index in [1.807, 2.05) is 0 Å². The minimum atomic E-state index is -4.37. The van der Waals surface area contributed by atoms with Gasteiger partial charge in [-0.15, -0.1) is 0 Å². The molecule has 1 aromatic rings. The molecule has 1 aromatic heterocycles. The van der Waals surface area contributed by atoms with Crippen LogP contribution in [0.15, 0.2) is 18.3 Å². The van der Waals surface area contributed by atoms with E-state index < -0.39 is 11.7 Å². The highest BCUT2D eigenvalue weighted by Gasteiger charge is 2.42. The molecule has 2 aliphatic carbocycles. The van der Waals surface area contributed by atoms with Gasteiger partial charge in [-0.1, -0.05) is 6.42 Å². The maximum absolute atomic E-state index is 12.4. The first-order valence-electron chi connectivity index (χ1n) is 7.98. The number of carbonyl (C=O) groups excluding carboxylic acids is 1. The molecule has 2 N–H and O–H groups in total. The molecule has 0 aromatic carbocycles. The maximum Gasteiger partial charge on any atom is 0.417 e. The summed E-state index contributed by atoms with van der Waals surface area (Å²) in [6.45, 7) is 0.875. The molecule has 0 saturated heterocycles. The Morgan fingerprint density at radius 2 is 2.04 bits per heavy atom. The summed E-state index contributed by atoms with van der Waals surface area (Å²) in [5.41, 5.74) is -0.771. The normalized spacial score (nSPS) is 26.3. The molecule has 2 bridgehead atoms. The van der Waals surface area contributed by atoms with Crippen LogP contribution in [0.2, 0.25) is 0 Å². The van der Waals surface area contributed by atoms with Crippen molar-refractivity contribution in [2.45, 2.75) is 31.9 Å². The summed E-state index contributed by atoms with van der Waals surface area (Å²) in [4.78, 5) is 15.8. The molecule has 0 radical (unpaired) electrons. The van der Waals surface area contributed by atoms with Crippen LogP contribution in [0.1, 0.15) is 31.2 Å². The highest BCUT2D eigenvalue weighted by Crippen LogP contribution is 2.48. The first-order chi connectivity index (χ1) is 10.9. The van der Waals surface area contributed by atoms with Gasteiger partial charge < -0.3 is 10.6 Å². The Balaban J connectivity index is 1.39. The van der Waals surface area contributed by atoms with Gasteiger partial charge in [-0.3, -0.25) is 4.79 Å². The number of hydrogen-bond donors (Lipinski definition) is 2. The predicted molar refractivity (Wildman–Crippen MR) is 79.7 cm³/mol. The molecule has 0 spiro atoms. The number of fused-ring (bicyclic) bond motifs is 2. The van der Waals surface area contributed by atoms with Crippen molar-refractivity contribution in [2.75, 3.05) is 18.4 Å². The van der Waals surface area contributed by atoms with E-state index in [2.05, 4.69) is 15.6 Å². The van der Waals surface area contributed by atoms with E-state index in [0.717, 1.165) is 31.0 Å². The predicted octanol–water partition coefficient (Wildman–Crippen LogP) is 3.06. The third-order valence-corrected chi connectivity index (χ3v) is 4.90. The van der Waals surface area contributed by atoms with Gasteiger partial charge in [-0.2, -0.15) is 13.2 Å². The van der Waals surface area contributed by atoms with Gasteiger partial charge >= 0.3 is 6.18 Å². The quantitative estimate of drug-likeness (QED) is 0.817. The number of aromatic nitrogens is 1. The number of halogens is 3. The zero-order chi connectivity index (χ0) is 16.4.